The van der Waals surface area contributed by atoms with Gasteiger partial charge in [-0.2, -0.15) is 20.7 Å². The van der Waals surface area contributed by atoms with E-state index >= 15 is 0 Å². The largest absolute Gasteiger partial charge is 1.00 e. The van der Waals surface area contributed by atoms with Gasteiger partial charge in [0.05, 0.1) is 29.3 Å². The number of hydrogen-bond donors (Lipinski definition) is 6. The second-order valence-electron chi connectivity index (χ2n) is 14.8. The zero-order valence-corrected chi connectivity index (χ0v) is 39.7. The Morgan fingerprint density at radius 2 is 1.25 bits per heavy atom. The van der Waals surface area contributed by atoms with Gasteiger partial charge in [-0.15, -0.1) is 12.4 Å². The topological polar surface area (TPSA) is 371 Å². The van der Waals surface area contributed by atoms with Crippen molar-refractivity contribution in [3.63, 3.8) is 0 Å². The van der Waals surface area contributed by atoms with Crippen molar-refractivity contribution in [2.75, 3.05) is 31.3 Å². The summed E-state index contributed by atoms with van der Waals surface area (Å²) in [5, 5.41) is 77.7. The summed E-state index contributed by atoms with van der Waals surface area (Å²) in [5.74, 6) is -1.27. The number of aliphatic hydroxyl groups excluding tert-OH is 4. The number of esters is 2. The number of ether oxygens (including phenoxy) is 5. The predicted octanol–water partition coefficient (Wildman–Crippen LogP) is -4.25. The summed E-state index contributed by atoms with van der Waals surface area (Å²) in [6.45, 7) is 9.00. The molecule has 26 heteroatoms. The maximum atomic E-state index is 11.6. The van der Waals surface area contributed by atoms with Crippen LogP contribution in [0, 0.1) is 34.5 Å². The van der Waals surface area contributed by atoms with Gasteiger partial charge in [-0.3, -0.25) is 14.4 Å². The van der Waals surface area contributed by atoms with Crippen LogP contribution in [-0.2, 0) is 54.2 Å². The number of hydrogen-bond acceptors (Lipinski definition) is 22. The van der Waals surface area contributed by atoms with Gasteiger partial charge in [-0.1, -0.05) is 27.7 Å². The zero-order valence-electron chi connectivity index (χ0n) is 35.8. The summed E-state index contributed by atoms with van der Waals surface area (Å²) >= 11 is 0. The Kier molecular flexibility index (Phi) is 21.8. The predicted molar refractivity (Wildman–Crippen MR) is 214 cm³/mol. The summed E-state index contributed by atoms with van der Waals surface area (Å²) in [5.41, 5.74) is 9.00. The van der Waals surface area contributed by atoms with Crippen LogP contribution < -0.4 is 68.1 Å². The van der Waals surface area contributed by atoms with Crippen LogP contribution in [0.5, 0.6) is 0 Å². The maximum Gasteiger partial charge on any atom is 1.00 e. The average Bonchev–Trinajstić information content (AvgIpc) is 4.11. The number of nitrogens with two attached hydrogens (primary N) is 2. The van der Waals surface area contributed by atoms with Crippen molar-refractivity contribution in [2.45, 2.75) is 101 Å². The molecule has 0 aromatic carbocycles. The second kappa shape index (κ2) is 24.9. The molecule has 344 valence electrons. The Morgan fingerprint density at radius 1 is 0.859 bits per heavy atom. The first-order chi connectivity index (χ1) is 29.4. The third-order valence-corrected chi connectivity index (χ3v) is 9.89. The number of carbonyl (C=O) groups is 3. The van der Waals surface area contributed by atoms with Gasteiger partial charge in [0.25, 0.3) is 6.47 Å². The average molecular weight is 945 g/mol. The smallest absolute Gasteiger partial charge is 0.662 e. The molecule has 4 aromatic heterocycles. The van der Waals surface area contributed by atoms with Gasteiger partial charge in [0.1, 0.15) is 85.7 Å². The van der Waals surface area contributed by atoms with E-state index in [0.29, 0.717) is 17.1 Å². The minimum Gasteiger partial charge on any atom is -0.662 e. The standard InChI is InChI=1S/2C16H19N5O5.C5H10O.CH2O3.ClH.K/c2*1-8(2)15(24)25-5-10-12(22)13(23)16(6-17,26-10)11-4-3-9-14(18)19-7-20-21(9)11;1-5-3-2-4-6-5;2-1-4-3;;/h2*3-4,7-8,10,12-13,22-23H,5H2,1-2H3,(H2,18,19,20);5H,2-4H2,1H3;1,3H;1H;/q;;;;;+1/p-1/t2*10-,12-,13-,16+;;;;/m11..../s1. The monoisotopic (exact) mass is 944 g/mol. The van der Waals surface area contributed by atoms with Crippen molar-refractivity contribution in [1.82, 2.24) is 29.2 Å². The van der Waals surface area contributed by atoms with Gasteiger partial charge < -0.3 is 65.7 Å². The van der Waals surface area contributed by atoms with Crippen molar-refractivity contribution >= 4 is 53.5 Å². The molecule has 8 N–H and O–H groups in total. The van der Waals surface area contributed by atoms with E-state index in [-0.39, 0.29) is 118 Å². The number of nitriles is 2. The zero-order chi connectivity index (χ0) is 45.9. The van der Waals surface area contributed by atoms with E-state index in [2.05, 4.69) is 32.0 Å². The van der Waals surface area contributed by atoms with Crippen molar-refractivity contribution in [2.24, 2.45) is 11.8 Å². The Hall–Kier alpha value is -4.16. The minimum absolute atomic E-state index is 0. The van der Waals surface area contributed by atoms with Gasteiger partial charge in [0.2, 0.25) is 11.2 Å². The van der Waals surface area contributed by atoms with Crippen molar-refractivity contribution in [3.05, 3.63) is 48.3 Å². The normalized spacial score (nSPS) is 26.6. The van der Waals surface area contributed by atoms with Crippen LogP contribution in [0.15, 0.2) is 36.9 Å². The molecule has 64 heavy (non-hydrogen) atoms. The van der Waals surface area contributed by atoms with Crippen LogP contribution in [0.1, 0.15) is 58.8 Å². The van der Waals surface area contributed by atoms with E-state index in [1.807, 2.05) is 12.1 Å². The molecular formula is C38H50ClKN10O14. The summed E-state index contributed by atoms with van der Waals surface area (Å²) < 4.78 is 29.3. The van der Waals surface area contributed by atoms with Gasteiger partial charge in [0.15, 0.2) is 11.6 Å². The molecule has 0 spiro atoms. The maximum absolute atomic E-state index is 11.6. The third-order valence-electron chi connectivity index (χ3n) is 9.89. The summed E-state index contributed by atoms with van der Waals surface area (Å²) in [6.07, 6.45) is -2.68. The number of aliphatic hydroxyl groups is 4. The van der Waals surface area contributed by atoms with Crippen LogP contribution >= 0.6 is 12.4 Å². The molecule has 1 unspecified atom stereocenters. The molecule has 0 bridgehead atoms. The van der Waals surface area contributed by atoms with Gasteiger partial charge in [0, 0.05) is 6.61 Å². The molecule has 3 aliphatic rings. The van der Waals surface area contributed by atoms with E-state index in [1.54, 1.807) is 39.8 Å². The molecule has 3 saturated heterocycles. The fourth-order valence-electron chi connectivity index (χ4n) is 6.50. The summed E-state index contributed by atoms with van der Waals surface area (Å²) in [7, 11) is 0. The van der Waals surface area contributed by atoms with Crippen LogP contribution in [0.3, 0.4) is 0 Å². The van der Waals surface area contributed by atoms with Gasteiger partial charge in [-0.25, -0.2) is 19.0 Å². The number of rotatable bonds is 9. The summed E-state index contributed by atoms with van der Waals surface area (Å²) in [4.78, 5) is 42.3. The van der Waals surface area contributed by atoms with Crippen LogP contribution in [-0.4, -0.2) is 131 Å². The van der Waals surface area contributed by atoms with Crippen molar-refractivity contribution < 1.29 is 120 Å². The molecule has 0 aliphatic carbocycles. The molecule has 9 atom stereocenters. The molecule has 0 saturated carbocycles. The first kappa shape index (κ1) is 56.0. The van der Waals surface area contributed by atoms with Gasteiger partial charge in [-0.05, 0) is 44.0 Å². The first-order valence-electron chi connectivity index (χ1n) is 19.2. The molecule has 3 fully saturated rings. The number of carbonyl (C=O) groups excluding carboxylic acids is 3. The van der Waals surface area contributed by atoms with Crippen molar-refractivity contribution in [3.8, 4) is 12.1 Å². The van der Waals surface area contributed by atoms with E-state index < -0.39 is 59.8 Å². The van der Waals surface area contributed by atoms with Crippen molar-refractivity contribution in [1.29, 1.82) is 10.5 Å². The fraction of sp³-hybridized carbons (Fsp3) is 0.553. The Morgan fingerprint density at radius 3 is 1.53 bits per heavy atom. The Bertz CT molecular complexity index is 2110. The Balaban J connectivity index is 0.000000353. The third kappa shape index (κ3) is 12.2. The number of nitrogen functional groups attached to an aromatic ring is 2. The van der Waals surface area contributed by atoms with E-state index in [0.717, 1.165) is 6.61 Å². The molecule has 7 heterocycles. The SMILES string of the molecule is CC(C)C(=O)OC[C@H]1O[C@@](C#N)(c2ccc3c(N)ncnn23)[C@H](O)[C@@H]1O.CC(C)C(=O)OC[C@H]1O[C@@](C#N)(c2ccc3c(N)ncnn23)[C@H](O)[C@@H]1O.CC1CCCO1.Cl.O=CO[O-].[K+]. The van der Waals surface area contributed by atoms with Crippen LogP contribution in [0.4, 0.5) is 11.6 Å². The molecule has 4 aromatic rings. The number of fused-ring (bicyclic) bond motifs is 2. The number of nitrogens with zero attached hydrogens (tertiary/aromatic N) is 8. The quantitative estimate of drug-likeness (QED) is 0.0304. The Labute approximate surface area is 415 Å². The van der Waals surface area contributed by atoms with Crippen LogP contribution in [0.25, 0.3) is 11.0 Å². The van der Waals surface area contributed by atoms with E-state index in [9.17, 15) is 40.5 Å². The molecular weight excluding hydrogens is 895 g/mol. The number of aromatic nitrogens is 6. The second-order valence-corrected chi connectivity index (χ2v) is 14.8. The molecule has 3 aliphatic heterocycles. The molecule has 24 nitrogen and oxygen atoms in total. The summed E-state index contributed by atoms with van der Waals surface area (Å²) in [6, 6.07) is 10.0. The molecule has 0 radical (unpaired) electrons. The fourth-order valence-corrected chi connectivity index (χ4v) is 6.50. The van der Waals surface area contributed by atoms with Crippen LogP contribution in [0.2, 0.25) is 0 Å². The van der Waals surface area contributed by atoms with E-state index in [1.165, 1.54) is 46.7 Å². The number of anilines is 2. The molecule has 7 rings (SSSR count). The first-order valence-corrected chi connectivity index (χ1v) is 19.2. The number of halogens is 1. The minimum atomic E-state index is -1.90. The van der Waals surface area contributed by atoms with Gasteiger partial charge >= 0.3 is 63.3 Å². The van der Waals surface area contributed by atoms with E-state index in [4.69, 9.17) is 45.2 Å². The molecule has 0 amide bonds.